The van der Waals surface area contributed by atoms with Crippen molar-refractivity contribution in [1.82, 2.24) is 5.32 Å². The van der Waals surface area contributed by atoms with Gasteiger partial charge in [-0.15, -0.1) is 6.58 Å². The predicted molar refractivity (Wildman–Crippen MR) is 103 cm³/mol. The van der Waals surface area contributed by atoms with Crippen molar-refractivity contribution in [3.05, 3.63) is 56.5 Å². The predicted octanol–water partition coefficient (Wildman–Crippen LogP) is 2.85. The zero-order chi connectivity index (χ0) is 17.0. The fraction of sp³-hybridized carbons (Fsp3) is 0.438. The minimum absolute atomic E-state index is 0. The Balaban J connectivity index is -0.0000000149. The number of aliphatic hydroxyl groups excluding tert-OH is 2. The zero-order valence-corrected chi connectivity index (χ0v) is 19.2. The molecule has 0 spiro atoms. The van der Waals surface area contributed by atoms with Gasteiger partial charge in [-0.3, -0.25) is 0 Å². The minimum Gasteiger partial charge on any atom is -0.513 e. The van der Waals surface area contributed by atoms with Crippen LogP contribution in [0.4, 0.5) is 0 Å². The smallest absolute Gasteiger partial charge is 0.0820 e. The number of allylic oxidation sites excluding steroid dienone is 4. The quantitative estimate of drug-likeness (QED) is 0.297. The summed E-state index contributed by atoms with van der Waals surface area (Å²) in [5, 5.41) is 18.6. The van der Waals surface area contributed by atoms with E-state index >= 15 is 0 Å². The molecular weight excluding hydrogens is 373 g/mol. The Kier molecular flexibility index (Phi) is 144. The Morgan fingerprint density at radius 2 is 0.826 bits per heavy atom. The Bertz CT molecular complexity index is 206. The van der Waals surface area contributed by atoms with Gasteiger partial charge in [0.25, 0.3) is 0 Å². The van der Waals surface area contributed by atoms with Gasteiger partial charge in [-0.05, 0) is 47.4 Å². The van der Waals surface area contributed by atoms with Gasteiger partial charge in [-0.25, -0.2) is 0 Å². The number of hydrogen-bond donors (Lipinski definition) is 4. The molecule has 6 nitrogen and oxygen atoms in total. The second-order valence-electron chi connectivity index (χ2n) is 3.71. The maximum absolute atomic E-state index is 7.86. The van der Waals surface area contributed by atoms with Gasteiger partial charge >= 0.3 is 0 Å². The summed E-state index contributed by atoms with van der Waals surface area (Å²) in [7, 11) is 3.35. The molecule has 0 aliphatic rings. The third-order valence-corrected chi connectivity index (χ3v) is 0.427. The standard InChI is InChI=1S/C4H9N.C4H8.2C3H6O.CH5N.CH3.2H2O.Y/c1-4(2)5-3;1-4(2)3;2*1-3(2)4;1-2;;;;/h5H,1H2,2-3H3;1H2,2-3H3;2*4H,1H2,2H3;2H2,1H3;1H3;2*1H2;/q;;;;;-1;;;. The van der Waals surface area contributed by atoms with Crippen molar-refractivity contribution in [2.75, 3.05) is 14.1 Å². The molecule has 0 bridgehead atoms. The average Bonchev–Trinajstić information content (AvgIpc) is 2.18. The molecule has 23 heavy (non-hydrogen) atoms. The van der Waals surface area contributed by atoms with Crippen LogP contribution in [0.15, 0.2) is 49.1 Å². The Hall–Kier alpha value is -0.656. The fourth-order valence-electron chi connectivity index (χ4n) is 0. The largest absolute Gasteiger partial charge is 0.513 e. The van der Waals surface area contributed by atoms with E-state index < -0.39 is 0 Å². The summed E-state index contributed by atoms with van der Waals surface area (Å²) >= 11 is 0. The maximum atomic E-state index is 7.86. The Labute approximate surface area is 169 Å². The molecule has 7 heteroatoms. The Morgan fingerprint density at radius 3 is 0.826 bits per heavy atom. The number of rotatable bonds is 1. The maximum Gasteiger partial charge on any atom is 0.0820 e. The van der Waals surface area contributed by atoms with E-state index in [1.54, 1.807) is 0 Å². The van der Waals surface area contributed by atoms with Crippen molar-refractivity contribution in [3.63, 3.8) is 0 Å². The van der Waals surface area contributed by atoms with E-state index in [4.69, 9.17) is 10.2 Å². The summed E-state index contributed by atoms with van der Waals surface area (Å²) in [6, 6.07) is 0. The normalized spacial score (nSPS) is 5.04. The summed E-state index contributed by atoms with van der Waals surface area (Å²) in [4.78, 5) is 0. The first-order chi connectivity index (χ1) is 8.47. The zero-order valence-electron chi connectivity index (χ0n) is 16.4. The van der Waals surface area contributed by atoms with E-state index in [2.05, 4.69) is 37.4 Å². The summed E-state index contributed by atoms with van der Waals surface area (Å²) in [6.45, 7) is 22.3. The van der Waals surface area contributed by atoms with Gasteiger partial charge in [0.15, 0.2) is 0 Å². The second kappa shape index (κ2) is 58.0. The molecule has 0 unspecified atom stereocenters. The molecule has 0 heterocycles. The molecule has 0 aromatic carbocycles. The molecule has 0 saturated heterocycles. The molecular formula is C16H41N2O4Y-. The second-order valence-corrected chi connectivity index (χ2v) is 3.71. The first-order valence-electron chi connectivity index (χ1n) is 5.69. The van der Waals surface area contributed by atoms with E-state index in [1.807, 2.05) is 27.8 Å². The van der Waals surface area contributed by atoms with Crippen molar-refractivity contribution >= 4 is 0 Å². The number of hydrogen-bond acceptors (Lipinski definition) is 4. The van der Waals surface area contributed by atoms with Crippen LogP contribution in [0.3, 0.4) is 0 Å². The summed E-state index contributed by atoms with van der Waals surface area (Å²) in [5.41, 5.74) is 6.67. The van der Waals surface area contributed by atoms with Crippen molar-refractivity contribution in [1.29, 1.82) is 0 Å². The van der Waals surface area contributed by atoms with Gasteiger partial charge in [0.05, 0.1) is 11.5 Å². The molecule has 0 atom stereocenters. The first kappa shape index (κ1) is 57.2. The monoisotopic (exact) mass is 414 g/mol. The molecule has 0 aromatic heterocycles. The van der Waals surface area contributed by atoms with Gasteiger partial charge in [0.1, 0.15) is 0 Å². The summed E-state index contributed by atoms with van der Waals surface area (Å²) in [6.07, 6.45) is 0. The number of nitrogens with one attached hydrogen (secondary N) is 1. The molecule has 143 valence electrons. The van der Waals surface area contributed by atoms with E-state index in [0.29, 0.717) is 0 Å². The van der Waals surface area contributed by atoms with Gasteiger partial charge < -0.3 is 39.6 Å². The number of aliphatic hydroxyl groups is 2. The van der Waals surface area contributed by atoms with E-state index in [-0.39, 0.29) is 62.6 Å². The van der Waals surface area contributed by atoms with Crippen LogP contribution in [0, 0.1) is 7.43 Å². The average molecular weight is 414 g/mol. The van der Waals surface area contributed by atoms with E-state index in [0.717, 1.165) is 5.70 Å². The van der Waals surface area contributed by atoms with Crippen LogP contribution in [0.2, 0.25) is 0 Å². The molecule has 0 amide bonds. The number of nitrogens with two attached hydrogens (primary N) is 1. The molecule has 0 aliphatic carbocycles. The Morgan fingerprint density at radius 1 is 0.783 bits per heavy atom. The van der Waals surface area contributed by atoms with Crippen molar-refractivity contribution < 1.29 is 53.9 Å². The van der Waals surface area contributed by atoms with Crippen LogP contribution in [-0.4, -0.2) is 35.3 Å². The van der Waals surface area contributed by atoms with Gasteiger partial charge in [-0.2, -0.15) is 0 Å². The third-order valence-electron chi connectivity index (χ3n) is 0.427. The van der Waals surface area contributed by atoms with Crippen molar-refractivity contribution in [2.24, 2.45) is 5.73 Å². The third kappa shape index (κ3) is 4420. The minimum atomic E-state index is 0. The van der Waals surface area contributed by atoms with Gasteiger partial charge in [-0.1, -0.05) is 25.3 Å². The summed E-state index contributed by atoms with van der Waals surface area (Å²) in [5.74, 6) is 0.333. The molecule has 0 aromatic rings. The topological polar surface area (TPSA) is 142 Å². The molecule has 0 fully saturated rings. The van der Waals surface area contributed by atoms with Gasteiger partial charge in [0.2, 0.25) is 0 Å². The van der Waals surface area contributed by atoms with Crippen LogP contribution in [0.25, 0.3) is 0 Å². The fourth-order valence-corrected chi connectivity index (χ4v) is 0. The van der Waals surface area contributed by atoms with Crippen LogP contribution < -0.4 is 11.1 Å². The molecule has 0 aliphatic heterocycles. The summed E-state index contributed by atoms with van der Waals surface area (Å²) < 4.78 is 0. The van der Waals surface area contributed by atoms with Crippen LogP contribution in [0.5, 0.6) is 0 Å². The van der Waals surface area contributed by atoms with Crippen molar-refractivity contribution in [2.45, 2.75) is 34.6 Å². The van der Waals surface area contributed by atoms with Crippen molar-refractivity contribution in [3.8, 4) is 0 Å². The van der Waals surface area contributed by atoms with Crippen LogP contribution >= 0.6 is 0 Å². The first-order valence-corrected chi connectivity index (χ1v) is 5.69. The van der Waals surface area contributed by atoms with Gasteiger partial charge in [0, 0.05) is 39.8 Å². The SMILES string of the molecule is C=C(C)C.C=C(C)NC.C=C(C)O.C=C(C)O.CN.O.O.[CH3-].[Y]. The van der Waals surface area contributed by atoms with Crippen LogP contribution in [0.1, 0.15) is 34.6 Å². The van der Waals surface area contributed by atoms with E-state index in [9.17, 15) is 0 Å². The molecule has 0 rings (SSSR count). The molecule has 1 radical (unpaired) electrons. The molecule has 9 N–H and O–H groups in total. The van der Waals surface area contributed by atoms with E-state index in [1.165, 1.54) is 26.5 Å². The molecule has 0 saturated carbocycles. The van der Waals surface area contributed by atoms with Crippen LogP contribution in [-0.2, 0) is 32.7 Å².